The molecule has 2 rings (SSSR count). The fourth-order valence-electron chi connectivity index (χ4n) is 3.77. The Hall–Kier alpha value is -0.534. The second kappa shape index (κ2) is 14.5. The van der Waals surface area contributed by atoms with Gasteiger partial charge in [-0.05, 0) is 70.8 Å². The third kappa shape index (κ3) is 9.43. The first-order chi connectivity index (χ1) is 12.3. The first-order valence-electron chi connectivity index (χ1n) is 9.60. The molecular formula is C23H35Br2CoN3. The van der Waals surface area contributed by atoms with Crippen LogP contribution >= 0.6 is 0 Å². The van der Waals surface area contributed by atoms with E-state index >= 15 is 0 Å². The molecule has 0 heterocycles. The van der Waals surface area contributed by atoms with E-state index in [4.69, 9.17) is 0 Å². The first-order valence-corrected chi connectivity index (χ1v) is 9.60. The van der Waals surface area contributed by atoms with Crippen molar-refractivity contribution in [2.45, 2.75) is 41.5 Å². The van der Waals surface area contributed by atoms with Crippen molar-refractivity contribution in [2.24, 2.45) is 0 Å². The molecule has 0 aliphatic heterocycles. The normalized spacial score (nSPS) is 9.93. The van der Waals surface area contributed by atoms with Crippen molar-refractivity contribution in [3.63, 3.8) is 0 Å². The Labute approximate surface area is 209 Å². The Bertz CT molecular complexity index is 656. The summed E-state index contributed by atoms with van der Waals surface area (Å²) in [7, 11) is 2.19. The predicted octanol–water partition coefficient (Wildman–Crippen LogP) is -1.00. The van der Waals surface area contributed by atoms with Gasteiger partial charge >= 0.3 is 16.8 Å². The van der Waals surface area contributed by atoms with Gasteiger partial charge < -0.3 is 49.5 Å². The van der Waals surface area contributed by atoms with Crippen LogP contribution in [0.3, 0.4) is 0 Å². The number of anilines is 2. The molecule has 0 saturated carbocycles. The van der Waals surface area contributed by atoms with Crippen molar-refractivity contribution in [3.8, 4) is 0 Å². The topological polar surface area (TPSA) is 27.3 Å². The van der Waals surface area contributed by atoms with Gasteiger partial charge in [0.2, 0.25) is 0 Å². The van der Waals surface area contributed by atoms with E-state index < -0.39 is 0 Å². The molecule has 6 heteroatoms. The molecule has 29 heavy (non-hydrogen) atoms. The Morgan fingerprint density at radius 1 is 0.621 bits per heavy atom. The number of hydrogen-bond acceptors (Lipinski definition) is 3. The number of likely N-dealkylation sites (N-methyl/N-ethyl adjacent to an activating group) is 1. The van der Waals surface area contributed by atoms with Gasteiger partial charge in [-0.3, -0.25) is 0 Å². The first kappa shape index (κ1) is 30.7. The minimum atomic E-state index is 0. The fraction of sp³-hybridized carbons (Fsp3) is 0.478. The minimum Gasteiger partial charge on any atom is -1.00 e. The summed E-state index contributed by atoms with van der Waals surface area (Å²) >= 11 is 0. The van der Waals surface area contributed by atoms with Crippen molar-refractivity contribution < 1.29 is 50.7 Å². The van der Waals surface area contributed by atoms with E-state index in [0.29, 0.717) is 0 Å². The second-order valence-electron chi connectivity index (χ2n) is 7.70. The van der Waals surface area contributed by atoms with E-state index in [1.807, 2.05) is 0 Å². The largest absolute Gasteiger partial charge is 2.00 e. The quantitative estimate of drug-likeness (QED) is 0.426. The van der Waals surface area contributed by atoms with E-state index in [1.54, 1.807) is 0 Å². The maximum absolute atomic E-state index is 3.61. The number of nitrogens with zero attached hydrogens (tertiary/aromatic N) is 1. The molecule has 0 fully saturated rings. The van der Waals surface area contributed by atoms with Gasteiger partial charge in [-0.15, -0.1) is 0 Å². The predicted molar refractivity (Wildman–Crippen MR) is 116 cm³/mol. The van der Waals surface area contributed by atoms with Crippen molar-refractivity contribution in [1.29, 1.82) is 0 Å². The summed E-state index contributed by atoms with van der Waals surface area (Å²) in [6, 6.07) is 8.98. The summed E-state index contributed by atoms with van der Waals surface area (Å²) in [5.74, 6) is 0. The van der Waals surface area contributed by atoms with E-state index in [1.165, 1.54) is 44.8 Å². The number of nitrogens with one attached hydrogen (secondary N) is 2. The molecular weight excluding hydrogens is 537 g/mol. The molecule has 0 atom stereocenters. The van der Waals surface area contributed by atoms with Crippen LogP contribution in [0.15, 0.2) is 24.3 Å². The average molecular weight is 572 g/mol. The van der Waals surface area contributed by atoms with Gasteiger partial charge in [0.15, 0.2) is 0 Å². The van der Waals surface area contributed by atoms with Crippen LogP contribution in [0.2, 0.25) is 0 Å². The van der Waals surface area contributed by atoms with Gasteiger partial charge in [0.05, 0.1) is 0 Å². The van der Waals surface area contributed by atoms with Crippen LogP contribution in [-0.4, -0.2) is 38.1 Å². The number of aryl methyl sites for hydroxylation is 6. The Morgan fingerprint density at radius 3 is 1.17 bits per heavy atom. The van der Waals surface area contributed by atoms with Crippen LogP contribution < -0.4 is 44.6 Å². The third-order valence-corrected chi connectivity index (χ3v) is 4.94. The molecule has 0 amide bonds. The van der Waals surface area contributed by atoms with Gasteiger partial charge in [0.1, 0.15) is 0 Å². The smallest absolute Gasteiger partial charge is 1.00 e. The Balaban J connectivity index is 0. The molecule has 1 radical (unpaired) electrons. The standard InChI is InChI=1S/C23H35N3.2BrH.Co/c1-16-12-18(3)22(19(4)13-16)24-8-10-26(7)11-9-25-23-20(5)14-17(2)15-21(23)6;;;/h12-15,24-25H,8-11H2,1-7H3;2*1H;/q;;;+2/p-2. The number of halogens is 2. The van der Waals surface area contributed by atoms with Crippen molar-refractivity contribution in [3.05, 3.63) is 57.6 Å². The fourth-order valence-corrected chi connectivity index (χ4v) is 3.77. The van der Waals surface area contributed by atoms with E-state index in [2.05, 4.69) is 88.4 Å². The molecule has 2 N–H and O–H groups in total. The zero-order valence-corrected chi connectivity index (χ0v) is 22.9. The van der Waals surface area contributed by atoms with E-state index in [0.717, 1.165) is 26.2 Å². The van der Waals surface area contributed by atoms with E-state index in [-0.39, 0.29) is 50.7 Å². The van der Waals surface area contributed by atoms with Crippen LogP contribution in [0.4, 0.5) is 11.4 Å². The summed E-state index contributed by atoms with van der Waals surface area (Å²) in [6.07, 6.45) is 0. The maximum atomic E-state index is 3.61. The van der Waals surface area contributed by atoms with Crippen LogP contribution in [-0.2, 0) is 16.8 Å². The van der Waals surface area contributed by atoms with Gasteiger partial charge in [-0.2, -0.15) is 0 Å². The maximum Gasteiger partial charge on any atom is 2.00 e. The summed E-state index contributed by atoms with van der Waals surface area (Å²) in [6.45, 7) is 17.0. The van der Waals surface area contributed by atoms with Crippen LogP contribution in [0, 0.1) is 41.5 Å². The third-order valence-electron chi connectivity index (χ3n) is 4.94. The Kier molecular flexibility index (Phi) is 15.3. The minimum absolute atomic E-state index is 0. The monoisotopic (exact) mass is 570 g/mol. The molecule has 0 unspecified atom stereocenters. The van der Waals surface area contributed by atoms with Crippen LogP contribution in [0.25, 0.3) is 0 Å². The Morgan fingerprint density at radius 2 is 0.897 bits per heavy atom. The molecule has 0 aliphatic carbocycles. The molecule has 0 spiro atoms. The zero-order chi connectivity index (χ0) is 19.3. The van der Waals surface area contributed by atoms with Crippen molar-refractivity contribution >= 4 is 11.4 Å². The van der Waals surface area contributed by atoms with E-state index in [9.17, 15) is 0 Å². The van der Waals surface area contributed by atoms with Crippen LogP contribution in [0.1, 0.15) is 33.4 Å². The molecule has 0 saturated heterocycles. The molecule has 2 aromatic carbocycles. The average Bonchev–Trinajstić information content (AvgIpc) is 2.52. The van der Waals surface area contributed by atoms with Crippen molar-refractivity contribution in [1.82, 2.24) is 4.90 Å². The van der Waals surface area contributed by atoms with Crippen molar-refractivity contribution in [2.75, 3.05) is 43.9 Å². The summed E-state index contributed by atoms with van der Waals surface area (Å²) < 4.78 is 0. The summed E-state index contributed by atoms with van der Waals surface area (Å²) in [5, 5.41) is 7.22. The van der Waals surface area contributed by atoms with Gasteiger partial charge in [-0.1, -0.05) is 35.4 Å². The van der Waals surface area contributed by atoms with Crippen LogP contribution in [0.5, 0.6) is 0 Å². The number of rotatable bonds is 8. The molecule has 2 aromatic rings. The molecule has 0 aliphatic rings. The SMILES string of the molecule is Cc1cc(C)c(NCCN(C)CCNc2c(C)cc(C)cc2C)c(C)c1.[Br-].[Br-].[Co+2]. The summed E-state index contributed by atoms with van der Waals surface area (Å²) in [4.78, 5) is 2.37. The molecule has 3 nitrogen and oxygen atoms in total. The number of benzene rings is 2. The molecule has 165 valence electrons. The molecule has 0 aromatic heterocycles. The van der Waals surface area contributed by atoms with Gasteiger partial charge in [-0.25, -0.2) is 0 Å². The van der Waals surface area contributed by atoms with Gasteiger partial charge in [0.25, 0.3) is 0 Å². The molecule has 0 bridgehead atoms. The second-order valence-corrected chi connectivity index (χ2v) is 7.70. The zero-order valence-electron chi connectivity index (χ0n) is 18.7. The number of hydrogen-bond donors (Lipinski definition) is 2. The summed E-state index contributed by atoms with van der Waals surface area (Å²) in [5.41, 5.74) is 10.6. The van der Waals surface area contributed by atoms with Gasteiger partial charge in [0, 0.05) is 37.6 Å².